The molecule has 0 N–H and O–H groups in total. The van der Waals surface area contributed by atoms with Crippen molar-refractivity contribution in [1.82, 2.24) is 4.90 Å². The Balaban J connectivity index is 2.12. The average Bonchev–Trinajstić information content (AvgIpc) is 2.51. The number of alkyl halides is 1. The monoisotopic (exact) mass is 401 g/mol. The summed E-state index contributed by atoms with van der Waals surface area (Å²) < 4.78 is 10.6. The van der Waals surface area contributed by atoms with Gasteiger partial charge >= 0.3 is 0 Å². The molecular formula is C16H20INO3. The zero-order valence-corrected chi connectivity index (χ0v) is 14.5. The molecule has 1 atom stereocenters. The van der Waals surface area contributed by atoms with Crippen molar-refractivity contribution in [2.24, 2.45) is 0 Å². The number of nitrogens with zero attached hydrogens (tertiary/aromatic N) is 1. The molecule has 0 aromatic heterocycles. The van der Waals surface area contributed by atoms with E-state index < -0.39 is 0 Å². The molecule has 4 nitrogen and oxygen atoms in total. The number of methoxy groups -OCH3 is 1. The summed E-state index contributed by atoms with van der Waals surface area (Å²) in [6.07, 6.45) is 2.93. The van der Waals surface area contributed by atoms with Crippen LogP contribution in [0.5, 0.6) is 5.75 Å². The number of ether oxygens (including phenoxy) is 2. The Kier molecular flexibility index (Phi) is 6.05. The third kappa shape index (κ3) is 3.97. The van der Waals surface area contributed by atoms with Crippen LogP contribution in [0.25, 0.3) is 5.70 Å². The highest BCUT2D eigenvalue weighted by atomic mass is 127. The van der Waals surface area contributed by atoms with Crippen molar-refractivity contribution in [3.8, 4) is 5.75 Å². The van der Waals surface area contributed by atoms with Gasteiger partial charge in [-0.15, -0.1) is 0 Å². The molecule has 1 unspecified atom stereocenters. The molecule has 2 rings (SSSR count). The van der Waals surface area contributed by atoms with Crippen molar-refractivity contribution in [3.63, 3.8) is 0 Å². The molecule has 0 saturated carbocycles. The number of benzene rings is 1. The number of hydrogen-bond acceptors (Lipinski definition) is 3. The second-order valence-electron chi connectivity index (χ2n) is 4.74. The van der Waals surface area contributed by atoms with Gasteiger partial charge in [0.2, 0.25) is 5.91 Å². The van der Waals surface area contributed by atoms with E-state index in [9.17, 15) is 4.79 Å². The summed E-state index contributed by atoms with van der Waals surface area (Å²) >= 11 is 2.21. The van der Waals surface area contributed by atoms with Gasteiger partial charge in [-0.05, 0) is 43.2 Å². The highest BCUT2D eigenvalue weighted by Crippen LogP contribution is 2.29. The summed E-state index contributed by atoms with van der Waals surface area (Å²) in [6, 6.07) is 7.86. The van der Waals surface area contributed by atoms with E-state index in [0.29, 0.717) is 19.8 Å². The fraction of sp³-hybridized carbons (Fsp3) is 0.438. The Hall–Kier alpha value is -1.08. The molecule has 1 aromatic rings. The van der Waals surface area contributed by atoms with Crippen LogP contribution in [0.1, 0.15) is 18.9 Å². The van der Waals surface area contributed by atoms with Crippen LogP contribution >= 0.6 is 22.6 Å². The highest BCUT2D eigenvalue weighted by Gasteiger charge is 2.27. The maximum atomic E-state index is 12.2. The minimum absolute atomic E-state index is 0.0444. The van der Waals surface area contributed by atoms with Crippen molar-refractivity contribution in [2.75, 3.05) is 26.9 Å². The number of hydrogen-bond donors (Lipinski definition) is 0. The maximum absolute atomic E-state index is 12.2. The third-order valence-electron chi connectivity index (χ3n) is 3.37. The number of rotatable bonds is 6. The molecule has 0 saturated heterocycles. The highest BCUT2D eigenvalue weighted by molar-refractivity contribution is 14.1. The lowest BCUT2D eigenvalue weighted by molar-refractivity contribution is -0.127. The fourth-order valence-corrected chi connectivity index (χ4v) is 2.87. The van der Waals surface area contributed by atoms with E-state index >= 15 is 0 Å². The largest absolute Gasteiger partial charge is 0.491 e. The van der Waals surface area contributed by atoms with Gasteiger partial charge in [0, 0.05) is 19.4 Å². The summed E-state index contributed by atoms with van der Waals surface area (Å²) in [5.74, 6) is 1.00. The topological polar surface area (TPSA) is 38.8 Å². The Morgan fingerprint density at radius 2 is 2.00 bits per heavy atom. The Bertz CT molecular complexity index is 513. The van der Waals surface area contributed by atoms with Crippen LogP contribution in [0.2, 0.25) is 0 Å². The van der Waals surface area contributed by atoms with Crippen LogP contribution < -0.4 is 4.74 Å². The molecule has 0 bridgehead atoms. The normalized spacial score (nSPS) is 18.6. The van der Waals surface area contributed by atoms with Gasteiger partial charge in [-0.25, -0.2) is 0 Å². The Labute approximate surface area is 139 Å². The van der Waals surface area contributed by atoms with Crippen LogP contribution in [0.3, 0.4) is 0 Å². The van der Waals surface area contributed by atoms with E-state index in [-0.39, 0.29) is 9.83 Å². The fourth-order valence-electron chi connectivity index (χ4n) is 2.28. The van der Waals surface area contributed by atoms with Gasteiger partial charge in [-0.2, -0.15) is 0 Å². The second-order valence-corrected chi connectivity index (χ2v) is 6.24. The van der Waals surface area contributed by atoms with Gasteiger partial charge in [0.1, 0.15) is 12.4 Å². The standard InChI is InChI=1S/C16H20INO3/c1-3-18-15(9-8-14(17)16(18)19)12-4-6-13(7-5-12)21-11-10-20-2/h4-7,9,14H,3,8,10-11H2,1-2H3. The average molecular weight is 401 g/mol. The van der Waals surface area contributed by atoms with Crippen molar-refractivity contribution in [3.05, 3.63) is 35.9 Å². The molecule has 1 amide bonds. The molecule has 0 aliphatic carbocycles. The first-order valence-corrected chi connectivity index (χ1v) is 8.29. The van der Waals surface area contributed by atoms with Gasteiger partial charge in [-0.1, -0.05) is 28.7 Å². The van der Waals surface area contributed by atoms with Crippen LogP contribution in [-0.4, -0.2) is 41.6 Å². The van der Waals surface area contributed by atoms with Crippen molar-refractivity contribution >= 4 is 34.2 Å². The van der Waals surface area contributed by atoms with E-state index in [0.717, 1.165) is 23.4 Å². The summed E-state index contributed by atoms with van der Waals surface area (Å²) in [5.41, 5.74) is 2.05. The summed E-state index contributed by atoms with van der Waals surface area (Å²) in [6.45, 7) is 3.80. The number of allylic oxidation sites excluding steroid dienone is 1. The predicted octanol–water partition coefficient (Wildman–Crippen LogP) is 3.11. The maximum Gasteiger partial charge on any atom is 0.240 e. The first-order chi connectivity index (χ1) is 10.2. The number of amides is 1. The lowest BCUT2D eigenvalue weighted by atomic mass is 10.0. The van der Waals surface area contributed by atoms with Gasteiger partial charge in [-0.3, -0.25) is 4.79 Å². The third-order valence-corrected chi connectivity index (χ3v) is 4.41. The summed E-state index contributed by atoms with van der Waals surface area (Å²) in [7, 11) is 1.65. The van der Waals surface area contributed by atoms with E-state index in [2.05, 4.69) is 28.7 Å². The molecule has 1 aliphatic heterocycles. The number of halogens is 1. The molecule has 1 heterocycles. The molecule has 0 spiro atoms. The van der Waals surface area contributed by atoms with Crippen LogP contribution in [0.15, 0.2) is 30.3 Å². The number of carbonyl (C=O) groups is 1. The summed E-state index contributed by atoms with van der Waals surface area (Å²) in [4.78, 5) is 14.1. The van der Waals surface area contributed by atoms with Gasteiger partial charge < -0.3 is 14.4 Å². The van der Waals surface area contributed by atoms with Gasteiger partial charge in [0.25, 0.3) is 0 Å². The second kappa shape index (κ2) is 7.79. The van der Waals surface area contributed by atoms with Crippen molar-refractivity contribution < 1.29 is 14.3 Å². The summed E-state index contributed by atoms with van der Waals surface area (Å²) in [5, 5.41) is 0. The molecular weight excluding hydrogens is 381 g/mol. The van der Waals surface area contributed by atoms with E-state index in [1.54, 1.807) is 7.11 Å². The number of carbonyl (C=O) groups excluding carboxylic acids is 1. The zero-order valence-electron chi connectivity index (χ0n) is 12.3. The lowest BCUT2D eigenvalue weighted by Crippen LogP contribution is -2.37. The Morgan fingerprint density at radius 1 is 1.29 bits per heavy atom. The van der Waals surface area contributed by atoms with E-state index in [1.165, 1.54) is 0 Å². The van der Waals surface area contributed by atoms with Gasteiger partial charge in [0.05, 0.1) is 10.5 Å². The minimum atomic E-state index is 0.0444. The molecule has 5 heteroatoms. The van der Waals surface area contributed by atoms with Crippen molar-refractivity contribution in [1.29, 1.82) is 0 Å². The smallest absolute Gasteiger partial charge is 0.240 e. The molecule has 1 aromatic carbocycles. The minimum Gasteiger partial charge on any atom is -0.491 e. The Morgan fingerprint density at radius 3 is 2.62 bits per heavy atom. The SMILES string of the molecule is CCN1C(=O)C(I)CC=C1c1ccc(OCCOC)cc1. The molecule has 114 valence electrons. The quantitative estimate of drug-likeness (QED) is 0.418. The first kappa shape index (κ1) is 16.3. The van der Waals surface area contributed by atoms with Crippen LogP contribution in [0, 0.1) is 0 Å². The zero-order chi connectivity index (χ0) is 15.2. The van der Waals surface area contributed by atoms with Crippen molar-refractivity contribution in [2.45, 2.75) is 17.3 Å². The molecule has 0 radical (unpaired) electrons. The van der Waals surface area contributed by atoms with Gasteiger partial charge in [0.15, 0.2) is 0 Å². The predicted molar refractivity (Wildman–Crippen MR) is 91.6 cm³/mol. The lowest BCUT2D eigenvalue weighted by Gasteiger charge is -2.30. The molecule has 21 heavy (non-hydrogen) atoms. The molecule has 1 aliphatic rings. The van der Waals surface area contributed by atoms with Crippen LogP contribution in [-0.2, 0) is 9.53 Å². The molecule has 0 fully saturated rings. The van der Waals surface area contributed by atoms with Crippen LogP contribution in [0.4, 0.5) is 0 Å². The first-order valence-electron chi connectivity index (χ1n) is 7.05. The van der Waals surface area contributed by atoms with E-state index in [1.807, 2.05) is 36.1 Å². The van der Waals surface area contributed by atoms with E-state index in [4.69, 9.17) is 9.47 Å².